The van der Waals surface area contributed by atoms with Gasteiger partial charge in [-0.2, -0.15) is 18.3 Å². The zero-order chi connectivity index (χ0) is 14.2. The van der Waals surface area contributed by atoms with Gasteiger partial charge in [-0.1, -0.05) is 22.0 Å². The maximum Gasteiger partial charge on any atom is 0.428 e. The van der Waals surface area contributed by atoms with Crippen LogP contribution in [-0.4, -0.2) is 17.9 Å². The average Bonchev–Trinajstić information content (AvgIpc) is 2.26. The number of halogens is 4. The summed E-state index contributed by atoms with van der Waals surface area (Å²) in [5.41, 5.74) is 2.13. The number of benzene rings is 1. The predicted molar refractivity (Wildman–Crippen MR) is 64.8 cm³/mol. The van der Waals surface area contributed by atoms with Crippen molar-refractivity contribution in [3.63, 3.8) is 0 Å². The Morgan fingerprint density at radius 3 is 2.63 bits per heavy atom. The molecule has 1 aliphatic rings. The van der Waals surface area contributed by atoms with Crippen LogP contribution in [0.25, 0.3) is 0 Å². The second-order valence-corrected chi connectivity index (χ2v) is 4.70. The minimum atomic E-state index is -4.43. The lowest BCUT2D eigenvalue weighted by Gasteiger charge is -2.20. The number of carbonyl (C=O) groups excluding carboxylic acids is 1. The van der Waals surface area contributed by atoms with E-state index in [1.54, 1.807) is 6.92 Å². The van der Waals surface area contributed by atoms with Gasteiger partial charge in [-0.15, -0.1) is 0 Å². The van der Waals surface area contributed by atoms with E-state index >= 15 is 0 Å². The molecule has 1 N–H and O–H groups in total. The van der Waals surface area contributed by atoms with Gasteiger partial charge >= 0.3 is 12.3 Å². The first-order chi connectivity index (χ1) is 8.79. The average molecular weight is 337 g/mol. The van der Waals surface area contributed by atoms with Crippen LogP contribution in [0.1, 0.15) is 18.1 Å². The van der Waals surface area contributed by atoms with Crippen LogP contribution in [0.3, 0.4) is 0 Å². The smallest absolute Gasteiger partial charge is 0.428 e. The highest BCUT2D eigenvalue weighted by Crippen LogP contribution is 2.35. The molecule has 19 heavy (non-hydrogen) atoms. The zero-order valence-corrected chi connectivity index (χ0v) is 11.2. The molecule has 0 fully saturated rings. The van der Waals surface area contributed by atoms with E-state index in [9.17, 15) is 18.0 Å². The van der Waals surface area contributed by atoms with Crippen LogP contribution < -0.4 is 5.43 Å². The summed E-state index contributed by atoms with van der Waals surface area (Å²) in [5.74, 6) is 0. The van der Waals surface area contributed by atoms with E-state index in [1.165, 1.54) is 12.1 Å². The molecule has 102 valence electrons. The second-order valence-electron chi connectivity index (χ2n) is 3.85. The van der Waals surface area contributed by atoms with Gasteiger partial charge in [0.1, 0.15) is 11.8 Å². The van der Waals surface area contributed by atoms with E-state index in [2.05, 4.69) is 26.5 Å². The minimum Gasteiger partial charge on any atom is -0.439 e. The molecule has 1 aromatic rings. The molecule has 8 heteroatoms. The molecule has 0 spiro atoms. The SMILES string of the molecule is C[C@@H]1OC(=O)NN=C1c1ccc(C(F)(F)F)c(Br)c1. The number of rotatable bonds is 1. The fourth-order valence-corrected chi connectivity index (χ4v) is 2.25. The van der Waals surface area contributed by atoms with Gasteiger partial charge in [0.2, 0.25) is 0 Å². The van der Waals surface area contributed by atoms with E-state index in [-0.39, 0.29) is 4.47 Å². The monoisotopic (exact) mass is 336 g/mol. The third-order valence-electron chi connectivity index (χ3n) is 2.51. The molecular weight excluding hydrogens is 329 g/mol. The number of hydrogen-bond donors (Lipinski definition) is 1. The van der Waals surface area contributed by atoms with Gasteiger partial charge < -0.3 is 4.74 Å². The van der Waals surface area contributed by atoms with Gasteiger partial charge in [0.05, 0.1) is 5.56 Å². The summed E-state index contributed by atoms with van der Waals surface area (Å²) >= 11 is 2.88. The number of alkyl halides is 3. The summed E-state index contributed by atoms with van der Waals surface area (Å²) in [4.78, 5) is 10.9. The highest BCUT2D eigenvalue weighted by Gasteiger charge is 2.33. The van der Waals surface area contributed by atoms with Crippen molar-refractivity contribution in [2.75, 3.05) is 0 Å². The molecule has 0 saturated heterocycles. The number of ether oxygens (including phenoxy) is 1. The first-order valence-corrected chi connectivity index (χ1v) is 5.99. The number of nitrogens with one attached hydrogen (secondary N) is 1. The normalized spacial score (nSPS) is 19.5. The van der Waals surface area contributed by atoms with Crippen molar-refractivity contribution in [3.05, 3.63) is 33.8 Å². The number of cyclic esters (lactones) is 1. The molecule has 0 bridgehead atoms. The molecule has 0 unspecified atom stereocenters. The van der Waals surface area contributed by atoms with Crippen LogP contribution in [0, 0.1) is 0 Å². The van der Waals surface area contributed by atoms with E-state index in [1.807, 2.05) is 0 Å². The van der Waals surface area contributed by atoms with Gasteiger partial charge in [0.25, 0.3) is 0 Å². The molecule has 0 aromatic heterocycles. The van der Waals surface area contributed by atoms with Gasteiger partial charge in [0.15, 0.2) is 0 Å². The summed E-state index contributed by atoms with van der Waals surface area (Å²) in [7, 11) is 0. The summed E-state index contributed by atoms with van der Waals surface area (Å²) in [5, 5.41) is 3.78. The molecule has 0 saturated carbocycles. The van der Waals surface area contributed by atoms with Crippen molar-refractivity contribution >= 4 is 27.7 Å². The Hall–Kier alpha value is -1.57. The number of carbonyl (C=O) groups is 1. The van der Waals surface area contributed by atoms with E-state index in [0.29, 0.717) is 11.3 Å². The van der Waals surface area contributed by atoms with E-state index in [0.717, 1.165) is 6.07 Å². The third-order valence-corrected chi connectivity index (χ3v) is 3.16. The Morgan fingerprint density at radius 1 is 1.42 bits per heavy atom. The van der Waals surface area contributed by atoms with Crippen LogP contribution in [0.4, 0.5) is 18.0 Å². The molecule has 1 atom stereocenters. The minimum absolute atomic E-state index is 0.0932. The summed E-state index contributed by atoms with van der Waals surface area (Å²) in [6.07, 6.45) is -5.75. The summed E-state index contributed by atoms with van der Waals surface area (Å²) < 4.78 is 42.6. The van der Waals surface area contributed by atoms with Gasteiger partial charge in [-0.05, 0) is 19.1 Å². The first kappa shape index (κ1) is 13.9. The molecule has 1 heterocycles. The van der Waals surface area contributed by atoms with Crippen molar-refractivity contribution in [2.45, 2.75) is 19.2 Å². The third kappa shape index (κ3) is 2.89. The lowest BCUT2D eigenvalue weighted by molar-refractivity contribution is -0.138. The van der Waals surface area contributed by atoms with E-state index < -0.39 is 23.9 Å². The largest absolute Gasteiger partial charge is 0.439 e. The lowest BCUT2D eigenvalue weighted by atomic mass is 10.0. The molecule has 0 radical (unpaired) electrons. The molecule has 1 aliphatic heterocycles. The second kappa shape index (κ2) is 4.84. The lowest BCUT2D eigenvalue weighted by Crippen LogP contribution is -2.37. The van der Waals surface area contributed by atoms with Gasteiger partial charge in [-0.3, -0.25) is 0 Å². The molecule has 1 aromatic carbocycles. The number of hydrogen-bond acceptors (Lipinski definition) is 3. The summed E-state index contributed by atoms with van der Waals surface area (Å²) in [6, 6.07) is 3.52. The van der Waals surface area contributed by atoms with E-state index in [4.69, 9.17) is 4.74 Å². The summed E-state index contributed by atoms with van der Waals surface area (Å²) in [6.45, 7) is 1.59. The Kier molecular flexibility index (Phi) is 3.53. The van der Waals surface area contributed by atoms with Crippen molar-refractivity contribution < 1.29 is 22.7 Å². The zero-order valence-electron chi connectivity index (χ0n) is 9.58. The van der Waals surface area contributed by atoms with Crippen molar-refractivity contribution in [1.29, 1.82) is 0 Å². The van der Waals surface area contributed by atoms with Gasteiger partial charge in [-0.25, -0.2) is 10.2 Å². The maximum atomic E-state index is 12.6. The standard InChI is InChI=1S/C11H8BrF3N2O2/c1-5-9(16-17-10(18)19-5)6-2-3-7(8(12)4-6)11(13,14)15/h2-5H,1H3,(H,17,18)/t5-/m0/s1. The highest BCUT2D eigenvalue weighted by molar-refractivity contribution is 9.10. The molecule has 2 rings (SSSR count). The van der Waals surface area contributed by atoms with Crippen molar-refractivity contribution in [2.24, 2.45) is 5.10 Å². The Balaban J connectivity index is 2.38. The Morgan fingerprint density at radius 2 is 2.11 bits per heavy atom. The van der Waals surface area contributed by atoms with Gasteiger partial charge in [0, 0.05) is 10.0 Å². The fourth-order valence-electron chi connectivity index (χ4n) is 1.64. The quantitative estimate of drug-likeness (QED) is 0.855. The van der Waals surface area contributed by atoms with Crippen molar-refractivity contribution in [3.8, 4) is 0 Å². The maximum absolute atomic E-state index is 12.6. The van der Waals surface area contributed by atoms with Crippen LogP contribution >= 0.6 is 15.9 Å². The van der Waals surface area contributed by atoms with Crippen LogP contribution in [0.15, 0.2) is 27.8 Å². The number of hydrazone groups is 1. The molecule has 4 nitrogen and oxygen atoms in total. The molecule has 1 amide bonds. The predicted octanol–water partition coefficient (Wildman–Crippen LogP) is 3.30. The first-order valence-electron chi connectivity index (χ1n) is 5.20. The van der Waals surface area contributed by atoms with Crippen LogP contribution in [0.2, 0.25) is 0 Å². The fraction of sp³-hybridized carbons (Fsp3) is 0.273. The van der Waals surface area contributed by atoms with Crippen molar-refractivity contribution in [1.82, 2.24) is 5.43 Å². The van der Waals surface area contributed by atoms with Crippen LogP contribution in [0.5, 0.6) is 0 Å². The Labute approximate surface area is 114 Å². The molecule has 0 aliphatic carbocycles. The Bertz CT molecular complexity index is 557. The highest BCUT2D eigenvalue weighted by atomic mass is 79.9. The topological polar surface area (TPSA) is 50.7 Å². The number of nitrogens with zero attached hydrogens (tertiary/aromatic N) is 1. The van der Waals surface area contributed by atoms with Crippen LogP contribution in [-0.2, 0) is 10.9 Å². The number of amides is 1. The molecular formula is C11H8BrF3N2O2.